The standard InChI is InChI=1S/C20H17Cl2N7OS/c1-24-18-15(5-11-8-26-20(23)28-17(11)27-18)10-3-12(21)6-14(4-10)29-31-16-7-13(22)9-25-19(16)30-2/h3-9,29H,1-2H3,(H3,23,24,26,27,28). The van der Waals surface area contributed by atoms with E-state index in [2.05, 4.69) is 30.0 Å². The highest BCUT2D eigenvalue weighted by Crippen LogP contribution is 2.36. The Bertz CT molecular complexity index is 1270. The average Bonchev–Trinajstić information content (AvgIpc) is 2.76. The zero-order chi connectivity index (χ0) is 22.0. The first-order valence-electron chi connectivity index (χ1n) is 9.01. The highest BCUT2D eigenvalue weighted by atomic mass is 35.5. The zero-order valence-electron chi connectivity index (χ0n) is 16.5. The minimum absolute atomic E-state index is 0.173. The molecule has 0 radical (unpaired) electrons. The molecule has 0 atom stereocenters. The van der Waals surface area contributed by atoms with Crippen molar-refractivity contribution in [3.05, 3.63) is 52.8 Å². The maximum atomic E-state index is 6.41. The molecular formula is C20H17Cl2N7OS. The molecule has 0 saturated heterocycles. The lowest BCUT2D eigenvalue weighted by atomic mass is 10.0. The van der Waals surface area contributed by atoms with Crippen molar-refractivity contribution < 1.29 is 4.74 Å². The topological polar surface area (TPSA) is 111 Å². The first kappa shape index (κ1) is 21.2. The van der Waals surface area contributed by atoms with Gasteiger partial charge < -0.3 is 20.5 Å². The van der Waals surface area contributed by atoms with Crippen LogP contribution in [0.4, 0.5) is 17.5 Å². The molecule has 0 unspecified atom stereocenters. The third-order valence-corrected chi connectivity index (χ3v) is 5.56. The first-order chi connectivity index (χ1) is 15.0. The number of fused-ring (bicyclic) bond motifs is 1. The summed E-state index contributed by atoms with van der Waals surface area (Å²) >= 11 is 13.8. The predicted molar refractivity (Wildman–Crippen MR) is 127 cm³/mol. The molecule has 0 aliphatic heterocycles. The van der Waals surface area contributed by atoms with Gasteiger partial charge in [-0.25, -0.2) is 15.0 Å². The molecule has 1 aromatic carbocycles. The summed E-state index contributed by atoms with van der Waals surface area (Å²) in [5.74, 6) is 1.29. The Hall–Kier alpha value is -3.01. The molecule has 3 heterocycles. The molecule has 4 aromatic rings. The zero-order valence-corrected chi connectivity index (χ0v) is 18.8. The number of anilines is 3. The van der Waals surface area contributed by atoms with Gasteiger partial charge in [0.05, 0.1) is 17.0 Å². The van der Waals surface area contributed by atoms with Crippen molar-refractivity contribution in [2.75, 3.05) is 29.9 Å². The number of nitrogens with zero attached hydrogens (tertiary/aromatic N) is 4. The quantitative estimate of drug-likeness (QED) is 0.327. The van der Waals surface area contributed by atoms with Crippen LogP contribution < -0.4 is 20.5 Å². The fourth-order valence-electron chi connectivity index (χ4n) is 2.94. The summed E-state index contributed by atoms with van der Waals surface area (Å²) in [6.07, 6.45) is 3.18. The molecule has 4 N–H and O–H groups in total. The van der Waals surface area contributed by atoms with E-state index in [1.54, 1.807) is 26.4 Å². The van der Waals surface area contributed by atoms with E-state index in [-0.39, 0.29) is 5.95 Å². The first-order valence-corrected chi connectivity index (χ1v) is 10.6. The lowest BCUT2D eigenvalue weighted by molar-refractivity contribution is 0.387. The number of halogens is 2. The number of benzene rings is 1. The van der Waals surface area contributed by atoms with Gasteiger partial charge >= 0.3 is 0 Å². The lowest BCUT2D eigenvalue weighted by Crippen LogP contribution is -2.01. The Morgan fingerprint density at radius 1 is 1.00 bits per heavy atom. The van der Waals surface area contributed by atoms with E-state index in [9.17, 15) is 0 Å². The van der Waals surface area contributed by atoms with Gasteiger partial charge in [0.25, 0.3) is 0 Å². The van der Waals surface area contributed by atoms with Crippen LogP contribution in [0.15, 0.2) is 47.6 Å². The maximum absolute atomic E-state index is 6.41. The predicted octanol–water partition coefficient (Wildman–Crippen LogP) is 5.15. The molecule has 158 valence electrons. The molecule has 0 fully saturated rings. The molecule has 0 aliphatic rings. The largest absolute Gasteiger partial charge is 0.480 e. The van der Waals surface area contributed by atoms with Gasteiger partial charge in [-0.3, -0.25) is 0 Å². The Labute approximate surface area is 192 Å². The van der Waals surface area contributed by atoms with Crippen LogP contribution in [-0.2, 0) is 0 Å². The van der Waals surface area contributed by atoms with Gasteiger partial charge in [0.2, 0.25) is 11.8 Å². The van der Waals surface area contributed by atoms with Gasteiger partial charge in [-0.1, -0.05) is 23.2 Å². The molecule has 0 amide bonds. The Kier molecular flexibility index (Phi) is 6.17. The van der Waals surface area contributed by atoms with Crippen molar-refractivity contribution in [3.8, 4) is 17.0 Å². The molecule has 0 aliphatic carbocycles. The number of hydrogen-bond donors (Lipinski definition) is 3. The second kappa shape index (κ2) is 9.01. The third-order valence-electron chi connectivity index (χ3n) is 4.29. The van der Waals surface area contributed by atoms with Crippen molar-refractivity contribution in [1.29, 1.82) is 0 Å². The number of nitrogens with two attached hydrogens (primary N) is 1. The molecule has 4 rings (SSSR count). The number of methoxy groups -OCH3 is 1. The van der Waals surface area contributed by atoms with E-state index in [4.69, 9.17) is 33.7 Å². The highest BCUT2D eigenvalue weighted by molar-refractivity contribution is 8.00. The van der Waals surface area contributed by atoms with Gasteiger partial charge in [0.15, 0.2) is 5.65 Å². The van der Waals surface area contributed by atoms with Crippen molar-refractivity contribution in [2.45, 2.75) is 4.90 Å². The average molecular weight is 474 g/mol. The summed E-state index contributed by atoms with van der Waals surface area (Å²) in [6, 6.07) is 9.36. The van der Waals surface area contributed by atoms with Crippen LogP contribution in [0.1, 0.15) is 0 Å². The Morgan fingerprint density at radius 3 is 2.61 bits per heavy atom. The van der Waals surface area contributed by atoms with Crippen molar-refractivity contribution >= 4 is 63.6 Å². The van der Waals surface area contributed by atoms with E-state index in [1.807, 2.05) is 24.3 Å². The van der Waals surface area contributed by atoms with E-state index in [1.165, 1.54) is 18.1 Å². The number of nitrogens with one attached hydrogen (secondary N) is 2. The van der Waals surface area contributed by atoms with Crippen LogP contribution in [0, 0.1) is 0 Å². The molecule has 0 spiro atoms. The third kappa shape index (κ3) is 4.68. The molecule has 0 saturated carbocycles. The molecule has 8 nitrogen and oxygen atoms in total. The SMILES string of the molecule is CNc1nc2nc(N)ncc2cc1-c1cc(Cl)cc(NSc2cc(Cl)cnc2OC)c1. The minimum Gasteiger partial charge on any atom is -0.480 e. The number of rotatable bonds is 6. The molecule has 11 heteroatoms. The fraction of sp³-hybridized carbons (Fsp3) is 0.100. The highest BCUT2D eigenvalue weighted by Gasteiger charge is 2.13. The van der Waals surface area contributed by atoms with Gasteiger partial charge in [-0.05, 0) is 47.8 Å². The van der Waals surface area contributed by atoms with Crippen LogP contribution in [-0.4, -0.2) is 34.1 Å². The van der Waals surface area contributed by atoms with Gasteiger partial charge in [-0.15, -0.1) is 0 Å². The van der Waals surface area contributed by atoms with Gasteiger partial charge in [0, 0.05) is 41.1 Å². The summed E-state index contributed by atoms with van der Waals surface area (Å²) in [6.45, 7) is 0. The summed E-state index contributed by atoms with van der Waals surface area (Å²) in [7, 11) is 3.35. The summed E-state index contributed by atoms with van der Waals surface area (Å²) in [5.41, 5.74) is 8.69. The fourth-order valence-corrected chi connectivity index (χ4v) is 4.15. The minimum atomic E-state index is 0.173. The number of pyridine rings is 2. The van der Waals surface area contributed by atoms with Crippen molar-refractivity contribution in [1.82, 2.24) is 19.9 Å². The van der Waals surface area contributed by atoms with Crippen LogP contribution in [0.2, 0.25) is 10.0 Å². The summed E-state index contributed by atoms with van der Waals surface area (Å²) < 4.78 is 8.56. The number of aromatic nitrogens is 4. The second-order valence-electron chi connectivity index (χ2n) is 6.37. The van der Waals surface area contributed by atoms with E-state index < -0.39 is 0 Å². The Balaban J connectivity index is 1.70. The molecule has 3 aromatic heterocycles. The molecule has 31 heavy (non-hydrogen) atoms. The Morgan fingerprint density at radius 2 is 1.84 bits per heavy atom. The van der Waals surface area contributed by atoms with Crippen molar-refractivity contribution in [2.24, 2.45) is 0 Å². The van der Waals surface area contributed by atoms with Gasteiger partial charge in [-0.2, -0.15) is 4.98 Å². The van der Waals surface area contributed by atoms with Crippen LogP contribution in [0.5, 0.6) is 5.88 Å². The maximum Gasteiger partial charge on any atom is 0.228 e. The number of hydrogen-bond acceptors (Lipinski definition) is 9. The van der Waals surface area contributed by atoms with E-state index in [0.29, 0.717) is 27.4 Å². The normalized spacial score (nSPS) is 10.8. The number of nitrogen functional groups attached to an aromatic ring is 1. The van der Waals surface area contributed by atoms with Crippen LogP contribution >= 0.6 is 35.1 Å². The number of ether oxygens (including phenoxy) is 1. The smallest absolute Gasteiger partial charge is 0.228 e. The second-order valence-corrected chi connectivity index (χ2v) is 8.09. The lowest BCUT2D eigenvalue weighted by Gasteiger charge is -2.13. The molecular weight excluding hydrogens is 457 g/mol. The summed E-state index contributed by atoms with van der Waals surface area (Å²) in [5, 5.41) is 4.95. The van der Waals surface area contributed by atoms with Crippen LogP contribution in [0.25, 0.3) is 22.2 Å². The summed E-state index contributed by atoms with van der Waals surface area (Å²) in [4.78, 5) is 17.7. The molecule has 0 bridgehead atoms. The van der Waals surface area contributed by atoms with Gasteiger partial charge in [0.1, 0.15) is 5.82 Å². The van der Waals surface area contributed by atoms with E-state index in [0.717, 1.165) is 27.1 Å². The van der Waals surface area contributed by atoms with Crippen LogP contribution in [0.3, 0.4) is 0 Å². The van der Waals surface area contributed by atoms with Crippen molar-refractivity contribution in [3.63, 3.8) is 0 Å². The monoisotopic (exact) mass is 473 g/mol. The van der Waals surface area contributed by atoms with E-state index >= 15 is 0 Å².